The fourth-order valence-corrected chi connectivity index (χ4v) is 10.6. The van der Waals surface area contributed by atoms with Gasteiger partial charge >= 0.3 is 0 Å². The number of para-hydroxylation sites is 1. The van der Waals surface area contributed by atoms with Gasteiger partial charge in [0.2, 0.25) is 0 Å². The molecule has 0 amide bonds. The van der Waals surface area contributed by atoms with Crippen LogP contribution in [0.2, 0.25) is 0 Å². The SMILES string of the molecule is c1cc(-c2cccc(N(c3ccccc3-c3cccc4sc5ccccc5c34)c3cccc4sc5ccccc5c34)c2)cc(-c2ccc3ccccc3c2)c1. The highest BCUT2D eigenvalue weighted by Crippen LogP contribution is 2.49. The Bertz CT molecular complexity index is 3240. The van der Waals surface area contributed by atoms with Gasteiger partial charge in [0.1, 0.15) is 0 Å². The lowest BCUT2D eigenvalue weighted by Crippen LogP contribution is -2.11. The van der Waals surface area contributed by atoms with Crippen molar-refractivity contribution in [1.29, 1.82) is 0 Å². The summed E-state index contributed by atoms with van der Waals surface area (Å²) in [6, 6.07) is 73.5. The normalized spacial score (nSPS) is 11.6. The van der Waals surface area contributed by atoms with Crippen LogP contribution < -0.4 is 4.90 Å². The number of fused-ring (bicyclic) bond motifs is 7. The van der Waals surface area contributed by atoms with Crippen molar-refractivity contribution < 1.29 is 0 Å². The number of benzene rings is 9. The molecule has 258 valence electrons. The number of rotatable bonds is 6. The molecule has 11 rings (SSSR count). The second-order valence-corrected chi connectivity index (χ2v) is 16.2. The first-order valence-electron chi connectivity index (χ1n) is 18.7. The van der Waals surface area contributed by atoms with Crippen molar-refractivity contribution >= 4 is 90.9 Å². The lowest BCUT2D eigenvalue weighted by Gasteiger charge is -2.29. The molecule has 2 heterocycles. The predicted octanol–water partition coefficient (Wildman–Crippen LogP) is 16.0. The molecule has 2 aromatic heterocycles. The molecule has 0 unspecified atom stereocenters. The molecule has 0 spiro atoms. The first-order valence-corrected chi connectivity index (χ1v) is 20.3. The maximum atomic E-state index is 2.50. The smallest absolute Gasteiger partial charge is 0.0555 e. The van der Waals surface area contributed by atoms with Crippen LogP contribution in [0.5, 0.6) is 0 Å². The fraction of sp³-hybridized carbons (Fsp3) is 0. The maximum absolute atomic E-state index is 2.50. The topological polar surface area (TPSA) is 3.24 Å². The minimum atomic E-state index is 1.12. The van der Waals surface area contributed by atoms with Crippen molar-refractivity contribution in [1.82, 2.24) is 0 Å². The summed E-state index contributed by atoms with van der Waals surface area (Å²) in [5.41, 5.74) is 10.7. The van der Waals surface area contributed by atoms with Gasteiger partial charge in [-0.3, -0.25) is 0 Å². The van der Waals surface area contributed by atoms with E-state index in [1.54, 1.807) is 0 Å². The molecule has 0 fully saturated rings. The molecule has 0 radical (unpaired) electrons. The molecule has 9 aromatic carbocycles. The van der Waals surface area contributed by atoms with Crippen molar-refractivity contribution in [2.75, 3.05) is 4.90 Å². The van der Waals surface area contributed by atoms with E-state index in [1.807, 2.05) is 22.7 Å². The third kappa shape index (κ3) is 5.43. The zero-order valence-corrected chi connectivity index (χ0v) is 31.4. The van der Waals surface area contributed by atoms with E-state index < -0.39 is 0 Å². The van der Waals surface area contributed by atoms with E-state index in [0.29, 0.717) is 0 Å². The number of thiophene rings is 2. The molecule has 0 aliphatic carbocycles. The third-order valence-electron chi connectivity index (χ3n) is 10.8. The summed E-state index contributed by atoms with van der Waals surface area (Å²) in [6.45, 7) is 0. The van der Waals surface area contributed by atoms with Crippen molar-refractivity contribution in [3.8, 4) is 33.4 Å². The minimum absolute atomic E-state index is 1.12. The van der Waals surface area contributed by atoms with Gasteiger partial charge < -0.3 is 4.90 Å². The molecular formula is C52H33NS2. The number of anilines is 3. The lowest BCUT2D eigenvalue weighted by molar-refractivity contribution is 1.30. The first-order chi connectivity index (χ1) is 27.3. The van der Waals surface area contributed by atoms with E-state index in [-0.39, 0.29) is 0 Å². The van der Waals surface area contributed by atoms with E-state index in [0.717, 1.165) is 11.4 Å². The summed E-state index contributed by atoms with van der Waals surface area (Å²) in [6.07, 6.45) is 0. The molecule has 0 aliphatic rings. The van der Waals surface area contributed by atoms with Gasteiger partial charge in [-0.15, -0.1) is 22.7 Å². The Morgan fingerprint density at radius 1 is 0.309 bits per heavy atom. The second kappa shape index (κ2) is 13.1. The van der Waals surface area contributed by atoms with Crippen LogP contribution in [0.4, 0.5) is 17.1 Å². The highest BCUT2D eigenvalue weighted by Gasteiger charge is 2.23. The monoisotopic (exact) mass is 735 g/mol. The second-order valence-electron chi connectivity index (χ2n) is 14.1. The van der Waals surface area contributed by atoms with Crippen LogP contribution in [0.15, 0.2) is 200 Å². The van der Waals surface area contributed by atoms with E-state index in [2.05, 4.69) is 205 Å². The zero-order chi connectivity index (χ0) is 36.3. The average molecular weight is 736 g/mol. The standard InChI is InChI=1S/C52H33NS2/c1-2-14-35-31-39(30-29-34(35)13-1)37-16-9-15-36(32-37)38-17-10-18-40(33-38)53(46-24-12-28-50-52(46)44-21-5-8-26-48(44)55-50)45-23-6-3-19-41(45)42-22-11-27-49-51(42)43-20-4-7-25-47(43)54-49/h1-33H. The Labute approximate surface area is 327 Å². The van der Waals surface area contributed by atoms with E-state index in [9.17, 15) is 0 Å². The Morgan fingerprint density at radius 3 is 1.64 bits per heavy atom. The van der Waals surface area contributed by atoms with E-state index >= 15 is 0 Å². The van der Waals surface area contributed by atoms with Gasteiger partial charge in [0.15, 0.2) is 0 Å². The van der Waals surface area contributed by atoms with E-state index in [1.165, 1.54) is 90.2 Å². The minimum Gasteiger partial charge on any atom is -0.309 e. The highest BCUT2D eigenvalue weighted by molar-refractivity contribution is 7.26. The lowest BCUT2D eigenvalue weighted by atomic mass is 9.95. The van der Waals surface area contributed by atoms with Crippen molar-refractivity contribution in [2.45, 2.75) is 0 Å². The maximum Gasteiger partial charge on any atom is 0.0555 e. The predicted molar refractivity (Wildman–Crippen MR) is 241 cm³/mol. The quantitative estimate of drug-likeness (QED) is 0.164. The summed E-state index contributed by atoms with van der Waals surface area (Å²) in [7, 11) is 0. The van der Waals surface area contributed by atoms with Gasteiger partial charge in [-0.25, -0.2) is 0 Å². The number of hydrogen-bond acceptors (Lipinski definition) is 3. The van der Waals surface area contributed by atoms with Crippen LogP contribution in [0.25, 0.3) is 84.5 Å². The van der Waals surface area contributed by atoms with Crippen molar-refractivity contribution in [3.63, 3.8) is 0 Å². The Morgan fingerprint density at radius 2 is 0.836 bits per heavy atom. The van der Waals surface area contributed by atoms with Crippen LogP contribution in [0.3, 0.4) is 0 Å². The highest BCUT2D eigenvalue weighted by atomic mass is 32.1. The Hall–Kier alpha value is -6.52. The summed E-state index contributed by atoms with van der Waals surface area (Å²) in [5.74, 6) is 0. The van der Waals surface area contributed by atoms with Gasteiger partial charge in [0.25, 0.3) is 0 Å². The van der Waals surface area contributed by atoms with E-state index in [4.69, 9.17) is 0 Å². The van der Waals surface area contributed by atoms with Gasteiger partial charge in [-0.1, -0.05) is 140 Å². The van der Waals surface area contributed by atoms with Crippen molar-refractivity contribution in [2.24, 2.45) is 0 Å². The summed E-state index contributed by atoms with van der Waals surface area (Å²) in [4.78, 5) is 2.50. The average Bonchev–Trinajstić information content (AvgIpc) is 3.83. The number of nitrogens with zero attached hydrogens (tertiary/aromatic N) is 1. The largest absolute Gasteiger partial charge is 0.309 e. The molecule has 0 atom stereocenters. The van der Waals surface area contributed by atoms with Crippen LogP contribution in [0, 0.1) is 0 Å². The molecule has 3 heteroatoms. The summed E-state index contributed by atoms with van der Waals surface area (Å²) < 4.78 is 5.20. The molecule has 1 nitrogen and oxygen atoms in total. The van der Waals surface area contributed by atoms with Gasteiger partial charge in [-0.2, -0.15) is 0 Å². The first kappa shape index (κ1) is 32.0. The molecule has 11 aromatic rings. The zero-order valence-electron chi connectivity index (χ0n) is 29.8. The fourth-order valence-electron chi connectivity index (χ4n) is 8.32. The molecule has 55 heavy (non-hydrogen) atoms. The third-order valence-corrected chi connectivity index (χ3v) is 13.1. The van der Waals surface area contributed by atoms with Gasteiger partial charge in [0.05, 0.1) is 11.4 Å². The molecule has 0 aliphatic heterocycles. The van der Waals surface area contributed by atoms with Crippen molar-refractivity contribution in [3.05, 3.63) is 200 Å². The van der Waals surface area contributed by atoms with Crippen LogP contribution in [-0.4, -0.2) is 0 Å². The summed E-state index contributed by atoms with van der Waals surface area (Å²) in [5, 5.41) is 7.69. The molecule has 0 saturated carbocycles. The van der Waals surface area contributed by atoms with Crippen LogP contribution >= 0.6 is 22.7 Å². The molecule has 0 N–H and O–H groups in total. The van der Waals surface area contributed by atoms with Gasteiger partial charge in [-0.05, 0) is 99.3 Å². The van der Waals surface area contributed by atoms with Crippen LogP contribution in [0.1, 0.15) is 0 Å². The number of hydrogen-bond donors (Lipinski definition) is 0. The molecular weight excluding hydrogens is 703 g/mol. The Kier molecular flexibility index (Phi) is 7.61. The Balaban J connectivity index is 1.13. The van der Waals surface area contributed by atoms with Crippen LogP contribution in [-0.2, 0) is 0 Å². The van der Waals surface area contributed by atoms with Gasteiger partial charge in [0, 0.05) is 51.6 Å². The molecule has 0 saturated heterocycles. The molecule has 0 bridgehead atoms. The summed E-state index contributed by atoms with van der Waals surface area (Å²) >= 11 is 3.73.